The van der Waals surface area contributed by atoms with E-state index in [1.54, 1.807) is 6.92 Å². The highest BCUT2D eigenvalue weighted by molar-refractivity contribution is 8.02. The summed E-state index contributed by atoms with van der Waals surface area (Å²) in [5.41, 5.74) is 0. The van der Waals surface area contributed by atoms with Crippen molar-refractivity contribution in [3.05, 3.63) is 0 Å². The van der Waals surface area contributed by atoms with E-state index in [2.05, 4.69) is 0 Å². The first-order valence-electron chi connectivity index (χ1n) is 3.23. The molecule has 5 nitrogen and oxygen atoms in total. The molecule has 0 fully saturated rings. The van der Waals surface area contributed by atoms with Crippen LogP contribution in [-0.4, -0.2) is 22.6 Å². The van der Waals surface area contributed by atoms with Crippen LogP contribution in [0.2, 0.25) is 0 Å². The molecule has 0 spiro atoms. The zero-order chi connectivity index (χ0) is 9.83. The second kappa shape index (κ2) is 4.15. The number of nitrogens with one attached hydrogen (secondary N) is 1. The Morgan fingerprint density at radius 2 is 1.75 bits per heavy atom. The third-order valence-electron chi connectivity index (χ3n) is 0.993. The molecule has 0 aliphatic heterocycles. The first-order valence-corrected chi connectivity index (χ1v) is 6.26. The lowest BCUT2D eigenvalue weighted by molar-refractivity contribution is 0.542. The van der Waals surface area contributed by atoms with Crippen LogP contribution in [0.25, 0.3) is 0 Å². The third kappa shape index (κ3) is 6.50. The minimum atomic E-state index is -5.15. The van der Waals surface area contributed by atoms with Crippen LogP contribution in [0.5, 0.6) is 0 Å². The number of unbranched alkanes of at least 4 members (excludes halogenated alkanes) is 1. The van der Waals surface area contributed by atoms with Gasteiger partial charge in [-0.15, -0.1) is 0 Å². The maximum Gasteiger partial charge on any atom is 0.385 e. The van der Waals surface area contributed by atoms with Gasteiger partial charge in [0, 0.05) is 0 Å². The molecule has 0 aromatic carbocycles. The van der Waals surface area contributed by atoms with Crippen LogP contribution >= 0.6 is 0 Å². The van der Waals surface area contributed by atoms with Gasteiger partial charge in [-0.05, 0) is 6.42 Å². The Balaban J connectivity index is 4.26. The van der Waals surface area contributed by atoms with Gasteiger partial charge in [0.25, 0.3) is 0 Å². The highest BCUT2D eigenvalue weighted by atomic mass is 32.3. The molecule has 0 aromatic rings. The number of rotatable bonds is 5. The molecule has 0 amide bonds. The van der Waals surface area contributed by atoms with E-state index in [4.69, 9.17) is 0 Å². The highest BCUT2D eigenvalue weighted by Crippen LogP contribution is 1.96. The first kappa shape index (κ1) is 11.8. The average Bonchev–Trinajstić information content (AvgIpc) is 1.78. The Morgan fingerprint density at radius 1 is 1.25 bits per heavy atom. The molecule has 0 rings (SSSR count). The second-order valence-electron chi connectivity index (χ2n) is 2.19. The molecule has 0 bridgehead atoms. The van der Waals surface area contributed by atoms with E-state index >= 15 is 0 Å². The monoisotopic (exact) mass is 219 g/mol. The number of hydrogen-bond acceptors (Lipinski definition) is 4. The molecule has 12 heavy (non-hydrogen) atoms. The minimum absolute atomic E-state index is 0.296. The second-order valence-corrected chi connectivity index (χ2v) is 5.37. The molecule has 74 valence electrons. The molecule has 0 aromatic heterocycles. The molecule has 0 saturated carbocycles. The van der Waals surface area contributed by atoms with Crippen molar-refractivity contribution in [1.29, 1.82) is 0 Å². The van der Waals surface area contributed by atoms with Gasteiger partial charge in [0.05, 0.1) is 5.75 Å². The summed E-state index contributed by atoms with van der Waals surface area (Å²) in [6.45, 7) is 1.74. The fourth-order valence-electron chi connectivity index (χ4n) is 0.528. The van der Waals surface area contributed by atoms with Gasteiger partial charge >= 0.3 is 10.4 Å². The summed E-state index contributed by atoms with van der Waals surface area (Å²) in [7, 11) is -9.16. The van der Waals surface area contributed by atoms with Crippen LogP contribution in [-0.2, 0) is 20.4 Å². The van der Waals surface area contributed by atoms with Gasteiger partial charge in [-0.2, -0.15) is 8.42 Å². The van der Waals surface area contributed by atoms with Gasteiger partial charge in [0.15, 0.2) is 0 Å². The summed E-state index contributed by atoms with van der Waals surface area (Å²) in [4.78, 5) is 0. The van der Waals surface area contributed by atoms with Gasteiger partial charge in [-0.1, -0.05) is 21.4 Å². The Morgan fingerprint density at radius 3 is 2.08 bits per heavy atom. The van der Waals surface area contributed by atoms with E-state index in [-0.39, 0.29) is 5.75 Å². The molecular weight excluding hydrogens is 209 g/mol. The summed E-state index contributed by atoms with van der Waals surface area (Å²) in [5.74, 6) is -0.382. The van der Waals surface area contributed by atoms with Crippen LogP contribution in [0.1, 0.15) is 19.8 Å². The zero-order valence-corrected chi connectivity index (χ0v) is 8.08. The molecule has 1 N–H and O–H groups in total. The summed E-state index contributed by atoms with van der Waals surface area (Å²) >= 11 is 0. The largest absolute Gasteiger partial charge is 0.385 e. The van der Waals surface area contributed by atoms with Gasteiger partial charge in [-0.25, -0.2) is 8.42 Å². The van der Waals surface area contributed by atoms with E-state index in [1.165, 1.54) is 0 Å². The first-order chi connectivity index (χ1) is 5.27. The standard InChI is InChI=1S/C4H10FNO4S2/c1-2-3-4-11(7,8)6-12(5,9)10/h6H,2-4H2,1H3. The average molecular weight is 219 g/mol. The highest BCUT2D eigenvalue weighted by Gasteiger charge is 2.18. The maximum absolute atomic E-state index is 11.8. The summed E-state index contributed by atoms with van der Waals surface area (Å²) in [5, 5.41) is 0. The Labute approximate surface area is 71.4 Å². The number of hydrogen-bond donors (Lipinski definition) is 1. The van der Waals surface area contributed by atoms with E-state index in [1.807, 2.05) is 0 Å². The normalized spacial score (nSPS) is 13.2. The quantitative estimate of drug-likeness (QED) is 0.656. The Bertz CT molecular complexity index is 319. The predicted octanol–water partition coefficient (Wildman–Crippen LogP) is -0.0798. The molecular formula is C4H10FNO4S2. The zero-order valence-electron chi connectivity index (χ0n) is 6.45. The van der Waals surface area contributed by atoms with Crippen LogP contribution in [0.15, 0.2) is 0 Å². The predicted molar refractivity (Wildman–Crippen MR) is 41.9 cm³/mol. The van der Waals surface area contributed by atoms with Crippen LogP contribution in [0.3, 0.4) is 0 Å². The maximum atomic E-state index is 11.8. The van der Waals surface area contributed by atoms with E-state index in [9.17, 15) is 20.7 Å². The summed E-state index contributed by atoms with van der Waals surface area (Å²) < 4.78 is 53.8. The summed E-state index contributed by atoms with van der Waals surface area (Å²) in [6.07, 6.45) is 0.887. The van der Waals surface area contributed by atoms with Crippen molar-refractivity contribution in [3.8, 4) is 0 Å². The van der Waals surface area contributed by atoms with E-state index < -0.39 is 20.4 Å². The number of sulfonamides is 1. The molecule has 0 atom stereocenters. The smallest absolute Gasteiger partial charge is 0.211 e. The van der Waals surface area contributed by atoms with Gasteiger partial charge in [0.1, 0.15) is 0 Å². The molecule has 0 saturated heterocycles. The minimum Gasteiger partial charge on any atom is -0.211 e. The van der Waals surface area contributed by atoms with Crippen LogP contribution in [0.4, 0.5) is 3.89 Å². The van der Waals surface area contributed by atoms with Crippen molar-refractivity contribution >= 4 is 20.4 Å². The van der Waals surface area contributed by atoms with E-state index in [0.29, 0.717) is 12.8 Å². The van der Waals surface area contributed by atoms with Crippen molar-refractivity contribution in [1.82, 2.24) is 4.13 Å². The fraction of sp³-hybridized carbons (Fsp3) is 1.00. The van der Waals surface area contributed by atoms with Gasteiger partial charge in [-0.3, -0.25) is 0 Å². The topological polar surface area (TPSA) is 80.3 Å². The summed E-state index contributed by atoms with van der Waals surface area (Å²) in [6, 6.07) is 0. The lowest BCUT2D eigenvalue weighted by Crippen LogP contribution is -2.29. The van der Waals surface area contributed by atoms with Crippen LogP contribution in [0, 0.1) is 0 Å². The van der Waals surface area contributed by atoms with Crippen molar-refractivity contribution in [2.75, 3.05) is 5.75 Å². The van der Waals surface area contributed by atoms with Gasteiger partial charge < -0.3 is 0 Å². The van der Waals surface area contributed by atoms with E-state index in [0.717, 1.165) is 4.13 Å². The lowest BCUT2D eigenvalue weighted by atomic mass is 10.4. The van der Waals surface area contributed by atoms with Gasteiger partial charge in [0.2, 0.25) is 10.0 Å². The SMILES string of the molecule is CCCCS(=O)(=O)NS(=O)(=O)F. The Kier molecular flexibility index (Phi) is 4.08. The van der Waals surface area contributed by atoms with Crippen molar-refractivity contribution in [2.45, 2.75) is 19.8 Å². The van der Waals surface area contributed by atoms with Crippen molar-refractivity contribution < 1.29 is 20.7 Å². The molecule has 8 heteroatoms. The van der Waals surface area contributed by atoms with Crippen LogP contribution < -0.4 is 4.13 Å². The molecule has 0 aliphatic rings. The lowest BCUT2D eigenvalue weighted by Gasteiger charge is -1.99. The third-order valence-corrected chi connectivity index (χ3v) is 3.63. The molecule has 0 radical (unpaired) electrons. The molecule has 0 aliphatic carbocycles. The fourth-order valence-corrected chi connectivity index (χ4v) is 2.74. The van der Waals surface area contributed by atoms with Crippen molar-refractivity contribution in [3.63, 3.8) is 0 Å². The molecule has 0 unspecified atom stereocenters. The number of halogens is 1. The Hall–Kier alpha value is -0.210. The van der Waals surface area contributed by atoms with Crippen molar-refractivity contribution in [2.24, 2.45) is 0 Å². The molecule has 0 heterocycles.